The minimum atomic E-state index is -4.75. The lowest BCUT2D eigenvalue weighted by atomic mass is 10.2. The van der Waals surface area contributed by atoms with Gasteiger partial charge in [0.05, 0.1) is 12.5 Å². The Balaban J connectivity index is 2.71. The zero-order valence-electron chi connectivity index (χ0n) is 10.1. The monoisotopic (exact) mass is 272 g/mol. The maximum Gasteiger partial charge on any atom is 0.573 e. The van der Waals surface area contributed by atoms with Gasteiger partial charge < -0.3 is 9.64 Å². The second kappa shape index (κ2) is 6.09. The van der Waals surface area contributed by atoms with Gasteiger partial charge in [0.2, 0.25) is 0 Å². The molecule has 1 aromatic carbocycles. The molecule has 7 heteroatoms. The number of nitrogens with zero attached hydrogens (tertiary/aromatic N) is 2. The van der Waals surface area contributed by atoms with Crippen LogP contribution in [0.1, 0.15) is 16.8 Å². The van der Waals surface area contributed by atoms with Gasteiger partial charge in [0.25, 0.3) is 5.91 Å². The molecule has 0 spiro atoms. The molecule has 0 fully saturated rings. The van der Waals surface area contributed by atoms with Gasteiger partial charge in [0.1, 0.15) is 5.75 Å². The quantitative estimate of drug-likeness (QED) is 0.846. The first-order valence-corrected chi connectivity index (χ1v) is 5.31. The van der Waals surface area contributed by atoms with Gasteiger partial charge in [-0.05, 0) is 24.3 Å². The topological polar surface area (TPSA) is 53.3 Å². The first-order valence-electron chi connectivity index (χ1n) is 5.31. The van der Waals surface area contributed by atoms with Gasteiger partial charge in [-0.25, -0.2) is 0 Å². The molecule has 0 saturated carbocycles. The molecule has 0 N–H and O–H groups in total. The number of hydrogen-bond donors (Lipinski definition) is 0. The lowest BCUT2D eigenvalue weighted by Crippen LogP contribution is -2.27. The summed E-state index contributed by atoms with van der Waals surface area (Å²) in [6.07, 6.45) is -4.56. The van der Waals surface area contributed by atoms with Crippen molar-refractivity contribution in [2.24, 2.45) is 0 Å². The zero-order valence-corrected chi connectivity index (χ0v) is 10.1. The third kappa shape index (κ3) is 4.87. The molecular weight excluding hydrogens is 261 g/mol. The van der Waals surface area contributed by atoms with Crippen LogP contribution in [0.25, 0.3) is 0 Å². The molecule has 0 saturated heterocycles. The number of hydrogen-bond acceptors (Lipinski definition) is 3. The Hall–Kier alpha value is -2.23. The predicted octanol–water partition coefficient (Wildman–Crippen LogP) is 2.57. The van der Waals surface area contributed by atoms with Crippen LogP contribution in [0.15, 0.2) is 24.3 Å². The molecule has 102 valence electrons. The van der Waals surface area contributed by atoms with Crippen LogP contribution in [0.3, 0.4) is 0 Å². The largest absolute Gasteiger partial charge is 0.573 e. The summed E-state index contributed by atoms with van der Waals surface area (Å²) in [5, 5.41) is 8.40. The van der Waals surface area contributed by atoms with Crippen LogP contribution in [-0.2, 0) is 0 Å². The summed E-state index contributed by atoms with van der Waals surface area (Å²) in [6, 6.07) is 6.52. The Kier molecular flexibility index (Phi) is 4.75. The lowest BCUT2D eigenvalue weighted by Gasteiger charge is -2.15. The highest BCUT2D eigenvalue weighted by atomic mass is 19.4. The molecule has 0 aliphatic heterocycles. The Morgan fingerprint density at radius 1 is 1.37 bits per heavy atom. The van der Waals surface area contributed by atoms with Gasteiger partial charge in [-0.1, -0.05) is 0 Å². The van der Waals surface area contributed by atoms with Crippen molar-refractivity contribution in [2.45, 2.75) is 12.8 Å². The normalized spacial score (nSPS) is 10.7. The number of carbonyl (C=O) groups excluding carboxylic acids is 1. The van der Waals surface area contributed by atoms with Gasteiger partial charge in [-0.3, -0.25) is 4.79 Å². The van der Waals surface area contributed by atoms with Gasteiger partial charge in [-0.15, -0.1) is 13.2 Å². The smallest absolute Gasteiger partial charge is 0.406 e. The summed E-state index contributed by atoms with van der Waals surface area (Å²) >= 11 is 0. The predicted molar refractivity (Wildman–Crippen MR) is 60.3 cm³/mol. The molecule has 0 aliphatic rings. The summed E-state index contributed by atoms with van der Waals surface area (Å²) in [5.74, 6) is -0.752. The van der Waals surface area contributed by atoms with Crippen LogP contribution < -0.4 is 4.74 Å². The van der Waals surface area contributed by atoms with Crippen molar-refractivity contribution in [3.63, 3.8) is 0 Å². The summed E-state index contributed by atoms with van der Waals surface area (Å²) in [6.45, 7) is 0.260. The number of benzene rings is 1. The van der Waals surface area contributed by atoms with Crippen LogP contribution in [0.5, 0.6) is 5.75 Å². The molecule has 0 aliphatic carbocycles. The molecule has 1 rings (SSSR count). The van der Waals surface area contributed by atoms with Crippen molar-refractivity contribution in [3.8, 4) is 11.8 Å². The van der Waals surface area contributed by atoms with E-state index in [9.17, 15) is 18.0 Å². The van der Waals surface area contributed by atoms with Crippen LogP contribution in [0.4, 0.5) is 13.2 Å². The number of rotatable bonds is 4. The van der Waals surface area contributed by atoms with Crippen molar-refractivity contribution in [1.29, 1.82) is 5.26 Å². The molecule has 1 aromatic rings. The SMILES string of the molecule is CN(CCC#N)C(=O)c1ccc(OC(F)(F)F)cc1. The average molecular weight is 272 g/mol. The highest BCUT2D eigenvalue weighted by Gasteiger charge is 2.31. The van der Waals surface area contributed by atoms with Crippen molar-refractivity contribution < 1.29 is 22.7 Å². The van der Waals surface area contributed by atoms with E-state index < -0.39 is 6.36 Å². The second-order valence-electron chi connectivity index (χ2n) is 3.71. The van der Waals surface area contributed by atoms with E-state index in [0.717, 1.165) is 12.1 Å². The molecular formula is C12H11F3N2O2. The van der Waals surface area contributed by atoms with E-state index >= 15 is 0 Å². The third-order valence-corrected chi connectivity index (χ3v) is 2.24. The van der Waals surface area contributed by atoms with E-state index in [1.807, 2.05) is 6.07 Å². The number of nitriles is 1. The summed E-state index contributed by atoms with van der Waals surface area (Å²) in [7, 11) is 1.51. The maximum absolute atomic E-state index is 11.9. The fraction of sp³-hybridized carbons (Fsp3) is 0.333. The fourth-order valence-electron chi connectivity index (χ4n) is 1.34. The van der Waals surface area contributed by atoms with Gasteiger partial charge in [0.15, 0.2) is 0 Å². The van der Waals surface area contributed by atoms with Crippen molar-refractivity contribution in [3.05, 3.63) is 29.8 Å². The van der Waals surface area contributed by atoms with Crippen LogP contribution in [-0.4, -0.2) is 30.8 Å². The summed E-state index contributed by atoms with van der Waals surface area (Å²) in [5.41, 5.74) is 0.231. The molecule has 0 aromatic heterocycles. The fourth-order valence-corrected chi connectivity index (χ4v) is 1.34. The molecule has 0 atom stereocenters. The van der Waals surface area contributed by atoms with Gasteiger partial charge in [0, 0.05) is 19.2 Å². The molecule has 0 heterocycles. The number of amides is 1. The lowest BCUT2D eigenvalue weighted by molar-refractivity contribution is -0.274. The summed E-state index contributed by atoms with van der Waals surface area (Å²) in [4.78, 5) is 13.1. The molecule has 1 amide bonds. The summed E-state index contributed by atoms with van der Waals surface area (Å²) < 4.78 is 39.5. The Morgan fingerprint density at radius 2 is 1.95 bits per heavy atom. The minimum Gasteiger partial charge on any atom is -0.406 e. The molecule has 0 radical (unpaired) electrons. The zero-order chi connectivity index (χ0) is 14.5. The Labute approximate surface area is 108 Å². The van der Waals surface area contributed by atoms with E-state index in [4.69, 9.17) is 5.26 Å². The Bertz CT molecular complexity index is 477. The van der Waals surface area contributed by atoms with Crippen LogP contribution in [0, 0.1) is 11.3 Å². The number of ether oxygens (including phenoxy) is 1. The number of carbonyl (C=O) groups is 1. The van der Waals surface area contributed by atoms with Crippen LogP contribution >= 0.6 is 0 Å². The number of halogens is 3. The Morgan fingerprint density at radius 3 is 2.42 bits per heavy atom. The van der Waals surface area contributed by atoms with E-state index in [0.29, 0.717) is 0 Å². The first-order chi connectivity index (χ1) is 8.83. The first kappa shape index (κ1) is 14.8. The number of alkyl halides is 3. The molecule has 0 unspecified atom stereocenters. The van der Waals surface area contributed by atoms with E-state index in [-0.39, 0.29) is 30.2 Å². The minimum absolute atomic E-state index is 0.192. The standard InChI is InChI=1S/C12H11F3N2O2/c1-17(8-2-7-16)11(18)9-3-5-10(6-4-9)19-12(13,14)15/h3-6H,2,8H2,1H3. The maximum atomic E-state index is 11.9. The highest BCUT2D eigenvalue weighted by molar-refractivity contribution is 5.94. The van der Waals surface area contributed by atoms with E-state index in [1.165, 1.54) is 24.1 Å². The van der Waals surface area contributed by atoms with Crippen molar-refractivity contribution in [1.82, 2.24) is 4.90 Å². The van der Waals surface area contributed by atoms with Crippen LogP contribution in [0.2, 0.25) is 0 Å². The molecule has 19 heavy (non-hydrogen) atoms. The van der Waals surface area contributed by atoms with Crippen molar-refractivity contribution in [2.75, 3.05) is 13.6 Å². The third-order valence-electron chi connectivity index (χ3n) is 2.24. The molecule has 4 nitrogen and oxygen atoms in total. The van der Waals surface area contributed by atoms with Gasteiger partial charge >= 0.3 is 6.36 Å². The van der Waals surface area contributed by atoms with E-state index in [2.05, 4.69) is 4.74 Å². The van der Waals surface area contributed by atoms with E-state index in [1.54, 1.807) is 0 Å². The second-order valence-corrected chi connectivity index (χ2v) is 3.71. The average Bonchev–Trinajstić information content (AvgIpc) is 2.34. The van der Waals surface area contributed by atoms with Gasteiger partial charge in [-0.2, -0.15) is 5.26 Å². The molecule has 0 bridgehead atoms. The highest BCUT2D eigenvalue weighted by Crippen LogP contribution is 2.22. The van der Waals surface area contributed by atoms with Crippen molar-refractivity contribution >= 4 is 5.91 Å².